The summed E-state index contributed by atoms with van der Waals surface area (Å²) in [5.41, 5.74) is 1.47. The number of aromatic amines is 2. The number of aromatic nitrogens is 2. The number of nitrogens with one attached hydrogen (secondary N) is 2. The third-order valence-corrected chi connectivity index (χ3v) is 6.68. The van der Waals surface area contributed by atoms with Gasteiger partial charge >= 0.3 is 0 Å². The van der Waals surface area contributed by atoms with Crippen LogP contribution in [-0.2, 0) is 0 Å². The van der Waals surface area contributed by atoms with E-state index in [2.05, 4.69) is 9.97 Å². The van der Waals surface area contributed by atoms with Gasteiger partial charge in [0.2, 0.25) is 0 Å². The van der Waals surface area contributed by atoms with Crippen molar-refractivity contribution in [2.24, 2.45) is 0 Å². The Labute approximate surface area is 179 Å². The number of nitro groups is 1. The highest BCUT2D eigenvalue weighted by atomic mass is 35.5. The number of H-pyrrole nitrogens is 2. The number of nitro benzene ring substituents is 1. The molecule has 5 nitrogen and oxygen atoms in total. The van der Waals surface area contributed by atoms with Crippen LogP contribution in [0.4, 0.5) is 5.69 Å². The monoisotopic (exact) mass is 481 g/mol. The summed E-state index contributed by atoms with van der Waals surface area (Å²) < 4.78 is 3.08. The second-order valence-corrected chi connectivity index (χ2v) is 9.45. The van der Waals surface area contributed by atoms with Gasteiger partial charge in [0.15, 0.2) is 7.91 Å². The summed E-state index contributed by atoms with van der Waals surface area (Å²) in [6, 6.07) is 6.61. The summed E-state index contributed by atoms with van der Waals surface area (Å²) in [5, 5.41) is 11.8. The fourth-order valence-corrected chi connectivity index (χ4v) is 4.97. The van der Waals surface area contributed by atoms with Crippen molar-refractivity contribution in [2.75, 3.05) is 0 Å². The molecule has 0 aliphatic heterocycles. The van der Waals surface area contributed by atoms with E-state index >= 15 is 0 Å². The minimum atomic E-state index is -0.509. The summed E-state index contributed by atoms with van der Waals surface area (Å²) in [6.45, 7) is 0. The first-order valence-corrected chi connectivity index (χ1v) is 10.3. The zero-order chi connectivity index (χ0) is 19.0. The first kappa shape index (κ1) is 19.7. The van der Waals surface area contributed by atoms with Crippen LogP contribution < -0.4 is 0 Å². The number of hydrogen-bond acceptors (Lipinski definition) is 6. The minimum Gasteiger partial charge on any atom is -0.337 e. The number of rotatable bonds is 1. The van der Waals surface area contributed by atoms with E-state index in [4.69, 9.17) is 59.2 Å². The first-order chi connectivity index (χ1) is 12.3. The lowest BCUT2D eigenvalue weighted by atomic mass is 10.3. The Morgan fingerprint density at radius 2 is 1.62 bits per heavy atom. The predicted molar refractivity (Wildman–Crippen MR) is 116 cm³/mol. The van der Waals surface area contributed by atoms with Gasteiger partial charge in [0, 0.05) is 6.07 Å². The lowest BCUT2D eigenvalue weighted by Crippen LogP contribution is -1.88. The Bertz CT molecular complexity index is 1260. The van der Waals surface area contributed by atoms with E-state index in [1.807, 2.05) is 6.07 Å². The van der Waals surface area contributed by atoms with Crippen LogP contribution in [0.2, 0.25) is 15.1 Å². The Balaban J connectivity index is 0.000000152. The van der Waals surface area contributed by atoms with Crippen LogP contribution in [0.25, 0.3) is 20.4 Å². The number of benzene rings is 2. The fourth-order valence-electron chi connectivity index (χ4n) is 2.06. The molecule has 4 aromatic rings. The number of nitrogens with zero attached hydrogens (tertiary/aromatic N) is 1. The highest BCUT2D eigenvalue weighted by molar-refractivity contribution is 7.74. The molecule has 12 heteroatoms. The van der Waals surface area contributed by atoms with Crippen molar-refractivity contribution in [3.8, 4) is 0 Å². The molecule has 2 N–H and O–H groups in total. The lowest BCUT2D eigenvalue weighted by molar-refractivity contribution is -0.384. The van der Waals surface area contributed by atoms with Gasteiger partial charge in [-0.3, -0.25) is 10.1 Å². The third-order valence-electron chi connectivity index (χ3n) is 3.17. The Hall–Kier alpha value is -1.07. The van der Waals surface area contributed by atoms with E-state index in [1.165, 1.54) is 34.8 Å². The van der Waals surface area contributed by atoms with Gasteiger partial charge in [-0.15, -0.1) is 22.7 Å². The summed E-state index contributed by atoms with van der Waals surface area (Å²) in [5.74, 6) is 0. The zero-order valence-corrected chi connectivity index (χ0v) is 17.9. The maximum Gasteiger partial charge on any atom is 0.289 e. The molecular formula is C14H6Cl3N3O2S4. The molecule has 2 aromatic heterocycles. The smallest absolute Gasteiger partial charge is 0.289 e. The maximum absolute atomic E-state index is 10.6. The van der Waals surface area contributed by atoms with Gasteiger partial charge in [0.1, 0.15) is 5.02 Å². The standard InChI is InChI=1S/C7H3Cl2NS2.C7H3ClN2O2S2/c8-3-1-2-4-6(5(3)9)10-7(11)12-4;8-3-1-4-6(14-7(13)9-4)2-5(3)10(11)12/h1-2H,(H,10,11);1-2H,(H,9,13). The second kappa shape index (κ2) is 7.89. The van der Waals surface area contributed by atoms with Crippen molar-refractivity contribution in [3.05, 3.63) is 57.4 Å². The van der Waals surface area contributed by atoms with E-state index in [-0.39, 0.29) is 10.7 Å². The summed E-state index contributed by atoms with van der Waals surface area (Å²) in [7, 11) is 0. The average molecular weight is 483 g/mol. The van der Waals surface area contributed by atoms with Gasteiger partial charge in [0.25, 0.3) is 5.69 Å². The van der Waals surface area contributed by atoms with Crippen molar-refractivity contribution >= 4 is 108 Å². The van der Waals surface area contributed by atoms with Crippen LogP contribution in [0.1, 0.15) is 0 Å². The Kier molecular flexibility index (Phi) is 5.97. The first-order valence-electron chi connectivity index (χ1n) is 6.70. The van der Waals surface area contributed by atoms with Gasteiger partial charge in [-0.2, -0.15) is 0 Å². The van der Waals surface area contributed by atoms with E-state index in [0.29, 0.717) is 18.0 Å². The molecule has 0 amide bonds. The maximum atomic E-state index is 10.6. The minimum absolute atomic E-state index is 0.0931. The van der Waals surface area contributed by atoms with Gasteiger partial charge in [0.05, 0.1) is 35.4 Å². The molecule has 0 unspecified atom stereocenters. The van der Waals surface area contributed by atoms with E-state index in [1.54, 1.807) is 6.07 Å². The fraction of sp³-hybridized carbons (Fsp3) is 0. The van der Waals surface area contributed by atoms with Crippen LogP contribution in [0.5, 0.6) is 0 Å². The highest BCUT2D eigenvalue weighted by Crippen LogP contribution is 2.32. The molecule has 26 heavy (non-hydrogen) atoms. The molecule has 0 saturated heterocycles. The molecular weight excluding hydrogens is 477 g/mol. The molecule has 0 bridgehead atoms. The van der Waals surface area contributed by atoms with Crippen molar-refractivity contribution in [1.82, 2.24) is 9.97 Å². The van der Waals surface area contributed by atoms with Crippen LogP contribution in [0.15, 0.2) is 24.3 Å². The number of halogens is 3. The zero-order valence-electron chi connectivity index (χ0n) is 12.3. The van der Waals surface area contributed by atoms with E-state index < -0.39 is 4.92 Å². The van der Waals surface area contributed by atoms with Gasteiger partial charge in [-0.25, -0.2) is 0 Å². The lowest BCUT2D eigenvalue weighted by Gasteiger charge is -1.94. The summed E-state index contributed by atoms with van der Waals surface area (Å²) in [6.07, 6.45) is 0. The van der Waals surface area contributed by atoms with Crippen molar-refractivity contribution in [2.45, 2.75) is 0 Å². The predicted octanol–water partition coefficient (Wildman–Crippen LogP) is 7.79. The van der Waals surface area contributed by atoms with Crippen LogP contribution in [0, 0.1) is 18.0 Å². The van der Waals surface area contributed by atoms with Crippen LogP contribution in [0.3, 0.4) is 0 Å². The van der Waals surface area contributed by atoms with Gasteiger partial charge in [-0.05, 0) is 42.6 Å². The van der Waals surface area contributed by atoms with E-state index in [9.17, 15) is 10.1 Å². The van der Waals surface area contributed by atoms with Crippen LogP contribution >= 0.6 is 81.9 Å². The second-order valence-electron chi connectivity index (χ2n) is 4.82. The molecule has 0 aliphatic rings. The third kappa shape index (κ3) is 4.09. The van der Waals surface area contributed by atoms with Crippen molar-refractivity contribution in [3.63, 3.8) is 0 Å². The average Bonchev–Trinajstić information content (AvgIpc) is 3.12. The van der Waals surface area contributed by atoms with Gasteiger partial charge < -0.3 is 9.97 Å². The number of fused-ring (bicyclic) bond motifs is 2. The van der Waals surface area contributed by atoms with Gasteiger partial charge in [-0.1, -0.05) is 34.8 Å². The Morgan fingerprint density at radius 1 is 0.962 bits per heavy atom. The van der Waals surface area contributed by atoms with Crippen molar-refractivity contribution in [1.29, 1.82) is 0 Å². The number of thiazole rings is 2. The molecule has 4 rings (SSSR count). The molecule has 0 atom stereocenters. The quantitative estimate of drug-likeness (QED) is 0.165. The molecule has 2 heterocycles. The molecule has 134 valence electrons. The van der Waals surface area contributed by atoms with Crippen molar-refractivity contribution < 1.29 is 4.92 Å². The molecule has 0 fully saturated rings. The largest absolute Gasteiger partial charge is 0.337 e. The van der Waals surface area contributed by atoms with Crippen LogP contribution in [-0.4, -0.2) is 14.9 Å². The molecule has 2 aromatic carbocycles. The highest BCUT2D eigenvalue weighted by Gasteiger charge is 2.14. The summed E-state index contributed by atoms with van der Waals surface area (Å²) in [4.78, 5) is 15.9. The van der Waals surface area contributed by atoms with E-state index in [0.717, 1.165) is 20.4 Å². The number of hydrogen-bond donors (Lipinski definition) is 2. The topological polar surface area (TPSA) is 74.7 Å². The molecule has 0 radical (unpaired) electrons. The SMILES string of the molecule is O=[N+]([O-])c1cc2sc(=S)[nH]c2cc1Cl.S=c1[nH]c2c(Cl)c(Cl)ccc2s1. The molecule has 0 spiro atoms. The summed E-state index contributed by atoms with van der Waals surface area (Å²) >= 11 is 30.1. The molecule has 0 saturated carbocycles. The Morgan fingerprint density at radius 3 is 2.31 bits per heavy atom. The molecule has 0 aliphatic carbocycles. The normalized spacial score (nSPS) is 10.7.